The zero-order valence-electron chi connectivity index (χ0n) is 22.1. The van der Waals surface area contributed by atoms with Gasteiger partial charge < -0.3 is 19.7 Å². The van der Waals surface area contributed by atoms with Crippen LogP contribution in [0.15, 0.2) is 0 Å². The number of aromatic nitrogens is 1. The fraction of sp³-hybridized carbons (Fsp3) is 0.778. The van der Waals surface area contributed by atoms with E-state index in [1.165, 1.54) is 17.0 Å². The van der Waals surface area contributed by atoms with Gasteiger partial charge in [0.25, 0.3) is 0 Å². The highest BCUT2D eigenvalue weighted by Crippen LogP contribution is 2.39. The smallest absolute Gasteiger partial charge is 0.410 e. The van der Waals surface area contributed by atoms with E-state index < -0.39 is 5.60 Å². The van der Waals surface area contributed by atoms with Gasteiger partial charge in [-0.05, 0) is 72.1 Å². The SMILES string of the molecule is COC(=O)C1CCC(NC(=O)C2CCC(c3nc4c(s3)CCN(C(=O)OC(C)(C)C)CC4)CC2)CC1. The minimum absolute atomic E-state index is 0.0209. The second-order valence-electron chi connectivity index (χ2n) is 11.5. The second-order valence-corrected chi connectivity index (χ2v) is 12.6. The Morgan fingerprint density at radius 1 is 0.944 bits per heavy atom. The molecular weight excluding hydrogens is 478 g/mol. The first-order valence-electron chi connectivity index (χ1n) is 13.5. The molecule has 3 aliphatic rings. The van der Waals surface area contributed by atoms with E-state index in [2.05, 4.69) is 5.32 Å². The van der Waals surface area contributed by atoms with E-state index in [0.29, 0.717) is 19.0 Å². The molecule has 200 valence electrons. The first-order chi connectivity index (χ1) is 17.1. The lowest BCUT2D eigenvalue weighted by molar-refractivity contribution is -0.146. The van der Waals surface area contributed by atoms with Gasteiger partial charge in [0.05, 0.1) is 23.7 Å². The number of nitrogens with one attached hydrogen (secondary N) is 1. The van der Waals surface area contributed by atoms with Crippen LogP contribution in [0.1, 0.15) is 93.6 Å². The summed E-state index contributed by atoms with van der Waals surface area (Å²) in [5.41, 5.74) is 0.641. The molecule has 0 aromatic carbocycles. The highest BCUT2D eigenvalue weighted by molar-refractivity contribution is 7.11. The minimum Gasteiger partial charge on any atom is -0.469 e. The number of hydrogen-bond acceptors (Lipinski definition) is 7. The molecule has 2 heterocycles. The van der Waals surface area contributed by atoms with E-state index in [4.69, 9.17) is 14.5 Å². The molecule has 0 unspecified atom stereocenters. The molecule has 2 saturated carbocycles. The van der Waals surface area contributed by atoms with Gasteiger partial charge in [0, 0.05) is 48.7 Å². The van der Waals surface area contributed by atoms with Crippen LogP contribution in [0, 0.1) is 11.8 Å². The van der Waals surface area contributed by atoms with E-state index in [1.54, 1.807) is 16.2 Å². The summed E-state index contributed by atoms with van der Waals surface area (Å²) in [6.07, 6.45) is 8.37. The van der Waals surface area contributed by atoms with Gasteiger partial charge in [-0.15, -0.1) is 11.3 Å². The number of methoxy groups -OCH3 is 1. The van der Waals surface area contributed by atoms with Crippen LogP contribution in [-0.4, -0.2) is 59.7 Å². The van der Waals surface area contributed by atoms with Gasteiger partial charge >= 0.3 is 12.1 Å². The van der Waals surface area contributed by atoms with Crippen molar-refractivity contribution in [3.05, 3.63) is 15.6 Å². The maximum atomic E-state index is 12.9. The topological polar surface area (TPSA) is 97.8 Å². The molecule has 0 atom stereocenters. The Balaban J connectivity index is 1.23. The molecule has 1 aromatic heterocycles. The van der Waals surface area contributed by atoms with Gasteiger partial charge in [0.2, 0.25) is 5.91 Å². The highest BCUT2D eigenvalue weighted by Gasteiger charge is 2.33. The lowest BCUT2D eigenvalue weighted by atomic mass is 9.81. The van der Waals surface area contributed by atoms with E-state index in [0.717, 1.165) is 69.9 Å². The summed E-state index contributed by atoms with van der Waals surface area (Å²) in [6.45, 7) is 6.98. The van der Waals surface area contributed by atoms with E-state index >= 15 is 0 Å². The third-order valence-corrected chi connectivity index (χ3v) is 9.05. The maximum Gasteiger partial charge on any atom is 0.410 e. The molecule has 1 N–H and O–H groups in total. The Labute approximate surface area is 218 Å². The number of esters is 1. The summed E-state index contributed by atoms with van der Waals surface area (Å²) >= 11 is 1.80. The van der Waals surface area contributed by atoms with Crippen LogP contribution in [0.2, 0.25) is 0 Å². The zero-order chi connectivity index (χ0) is 25.9. The van der Waals surface area contributed by atoms with Crippen molar-refractivity contribution in [3.63, 3.8) is 0 Å². The third-order valence-electron chi connectivity index (χ3n) is 7.73. The number of nitrogens with zero attached hydrogens (tertiary/aromatic N) is 2. The van der Waals surface area contributed by atoms with Crippen molar-refractivity contribution in [1.29, 1.82) is 0 Å². The fourth-order valence-corrected chi connectivity index (χ4v) is 6.90. The van der Waals surface area contributed by atoms with Crippen molar-refractivity contribution >= 4 is 29.3 Å². The van der Waals surface area contributed by atoms with Crippen molar-refractivity contribution in [3.8, 4) is 0 Å². The number of amides is 2. The van der Waals surface area contributed by atoms with Crippen molar-refractivity contribution in [2.24, 2.45) is 11.8 Å². The van der Waals surface area contributed by atoms with Gasteiger partial charge in [-0.3, -0.25) is 9.59 Å². The van der Waals surface area contributed by atoms with Gasteiger partial charge in [-0.2, -0.15) is 0 Å². The summed E-state index contributed by atoms with van der Waals surface area (Å²) in [5, 5.41) is 4.45. The molecule has 2 amide bonds. The average molecular weight is 520 g/mol. The summed E-state index contributed by atoms with van der Waals surface area (Å²) in [4.78, 5) is 45.2. The molecule has 8 nitrogen and oxygen atoms in total. The van der Waals surface area contributed by atoms with Crippen molar-refractivity contribution in [2.75, 3.05) is 20.2 Å². The van der Waals surface area contributed by atoms with Crippen LogP contribution in [0.25, 0.3) is 0 Å². The fourth-order valence-electron chi connectivity index (χ4n) is 5.63. The number of thiazole rings is 1. The lowest BCUT2D eigenvalue weighted by Gasteiger charge is -2.31. The van der Waals surface area contributed by atoms with Gasteiger partial charge in [-0.1, -0.05) is 0 Å². The highest BCUT2D eigenvalue weighted by atomic mass is 32.1. The summed E-state index contributed by atoms with van der Waals surface area (Å²) in [6, 6.07) is 0.172. The largest absolute Gasteiger partial charge is 0.469 e. The van der Waals surface area contributed by atoms with Gasteiger partial charge in [0.15, 0.2) is 0 Å². The molecular formula is C27H41N3O5S. The second kappa shape index (κ2) is 11.5. The quantitative estimate of drug-likeness (QED) is 0.584. The maximum absolute atomic E-state index is 12.9. The first kappa shape index (κ1) is 26.9. The molecule has 1 aromatic rings. The lowest BCUT2D eigenvalue weighted by Crippen LogP contribution is -2.42. The summed E-state index contributed by atoms with van der Waals surface area (Å²) in [7, 11) is 1.44. The molecule has 0 saturated heterocycles. The van der Waals surface area contributed by atoms with Crippen LogP contribution >= 0.6 is 11.3 Å². The normalized spacial score (nSPS) is 26.9. The number of carbonyl (C=O) groups is 3. The molecule has 2 fully saturated rings. The molecule has 36 heavy (non-hydrogen) atoms. The number of rotatable bonds is 4. The standard InChI is InChI=1S/C27H41N3O5S/c1-27(2,3)35-26(33)30-15-13-21-22(14-16-30)36-24(29-21)18-7-5-17(6-8-18)23(31)28-20-11-9-19(10-12-20)25(32)34-4/h17-20H,5-16H2,1-4H3,(H,28,31). The van der Waals surface area contributed by atoms with Crippen LogP contribution in [0.5, 0.6) is 0 Å². The Kier molecular flexibility index (Phi) is 8.58. The first-order valence-corrected chi connectivity index (χ1v) is 14.3. The molecule has 1 aliphatic heterocycles. The molecule has 2 aliphatic carbocycles. The summed E-state index contributed by atoms with van der Waals surface area (Å²) in [5.74, 6) is 0.514. The predicted molar refractivity (Wildman–Crippen MR) is 138 cm³/mol. The Morgan fingerprint density at radius 3 is 2.22 bits per heavy atom. The number of carbonyl (C=O) groups excluding carboxylic acids is 3. The van der Waals surface area contributed by atoms with E-state index in [-0.39, 0.29) is 35.8 Å². The Morgan fingerprint density at radius 2 is 1.58 bits per heavy atom. The molecule has 4 rings (SSSR count). The van der Waals surface area contributed by atoms with Crippen LogP contribution in [0.3, 0.4) is 0 Å². The molecule has 0 radical (unpaired) electrons. The van der Waals surface area contributed by atoms with E-state index in [9.17, 15) is 14.4 Å². The van der Waals surface area contributed by atoms with Gasteiger partial charge in [-0.25, -0.2) is 9.78 Å². The Hall–Kier alpha value is -2.16. The Bertz CT molecular complexity index is 914. The van der Waals surface area contributed by atoms with Gasteiger partial charge in [0.1, 0.15) is 5.60 Å². The number of hydrogen-bond donors (Lipinski definition) is 1. The van der Waals surface area contributed by atoms with Crippen LogP contribution in [-0.2, 0) is 31.9 Å². The van der Waals surface area contributed by atoms with Crippen molar-refractivity contribution < 1.29 is 23.9 Å². The average Bonchev–Trinajstić information content (AvgIpc) is 3.15. The van der Waals surface area contributed by atoms with E-state index in [1.807, 2.05) is 20.8 Å². The number of fused-ring (bicyclic) bond motifs is 1. The van der Waals surface area contributed by atoms with Crippen molar-refractivity contribution in [2.45, 2.75) is 103 Å². The van der Waals surface area contributed by atoms with Crippen LogP contribution in [0.4, 0.5) is 4.79 Å². The third kappa shape index (κ3) is 6.78. The predicted octanol–water partition coefficient (Wildman–Crippen LogP) is 4.60. The zero-order valence-corrected chi connectivity index (χ0v) is 23.0. The number of ether oxygens (including phenoxy) is 2. The van der Waals surface area contributed by atoms with Crippen molar-refractivity contribution in [1.82, 2.24) is 15.2 Å². The van der Waals surface area contributed by atoms with Crippen LogP contribution < -0.4 is 5.32 Å². The summed E-state index contributed by atoms with van der Waals surface area (Å²) < 4.78 is 10.4. The molecule has 9 heteroatoms. The molecule has 0 spiro atoms. The minimum atomic E-state index is -0.487. The monoisotopic (exact) mass is 519 g/mol. The molecule has 0 bridgehead atoms.